The number of esters is 1. The molecule has 1 N–H and O–H groups in total. The van der Waals surface area contributed by atoms with E-state index in [1.54, 1.807) is 12.1 Å². The first-order valence-electron chi connectivity index (χ1n) is 9.28. The zero-order valence-corrected chi connectivity index (χ0v) is 18.2. The van der Waals surface area contributed by atoms with Gasteiger partial charge in [-0.1, -0.05) is 53.7 Å². The van der Waals surface area contributed by atoms with Crippen LogP contribution in [0.15, 0.2) is 53.7 Å². The first kappa shape index (κ1) is 21.9. The summed E-state index contributed by atoms with van der Waals surface area (Å²) in [5, 5.41) is 12.2. The minimum absolute atomic E-state index is 0.152. The molecule has 30 heavy (non-hydrogen) atoms. The molecular weight excluding hydrogens is 424 g/mol. The molecule has 3 rings (SSSR count). The van der Waals surface area contributed by atoms with Crippen molar-refractivity contribution in [2.24, 2.45) is 0 Å². The van der Waals surface area contributed by atoms with Crippen LogP contribution >= 0.6 is 23.4 Å². The van der Waals surface area contributed by atoms with Crippen molar-refractivity contribution in [2.75, 3.05) is 18.2 Å². The monoisotopic (exact) mass is 444 g/mol. The number of thioether (sulfide) groups is 1. The maximum atomic E-state index is 12.4. The maximum Gasteiger partial charge on any atom is 0.339 e. The highest BCUT2D eigenvalue weighted by Crippen LogP contribution is 2.23. The molecule has 0 radical (unpaired) electrons. The number of aromatic nitrogens is 3. The van der Waals surface area contributed by atoms with Gasteiger partial charge in [-0.05, 0) is 30.7 Å². The van der Waals surface area contributed by atoms with Gasteiger partial charge in [-0.3, -0.25) is 4.79 Å². The molecule has 2 aromatic carbocycles. The lowest BCUT2D eigenvalue weighted by Gasteiger charge is -2.09. The minimum atomic E-state index is -0.563. The number of ether oxygens (including phenoxy) is 1. The number of carbonyl (C=O) groups is 2. The molecule has 1 amide bonds. The Kier molecular flexibility index (Phi) is 7.48. The van der Waals surface area contributed by atoms with E-state index < -0.39 is 5.97 Å². The van der Waals surface area contributed by atoms with Crippen molar-refractivity contribution in [3.05, 3.63) is 70.5 Å². The second-order valence-electron chi connectivity index (χ2n) is 6.33. The highest BCUT2D eigenvalue weighted by Gasteiger charge is 2.15. The third-order valence-electron chi connectivity index (χ3n) is 4.30. The van der Waals surface area contributed by atoms with Crippen LogP contribution in [0.25, 0.3) is 0 Å². The van der Waals surface area contributed by atoms with Crippen molar-refractivity contribution in [3.63, 3.8) is 0 Å². The fourth-order valence-electron chi connectivity index (χ4n) is 2.85. The largest absolute Gasteiger partial charge is 0.465 e. The molecule has 1 heterocycles. The summed E-state index contributed by atoms with van der Waals surface area (Å²) in [5.41, 5.74) is 1.81. The predicted octanol–water partition coefficient (Wildman–Crippen LogP) is 4.06. The summed E-state index contributed by atoms with van der Waals surface area (Å²) in [6.07, 6.45) is 0.676. The average molecular weight is 445 g/mol. The first-order chi connectivity index (χ1) is 14.5. The van der Waals surface area contributed by atoms with Gasteiger partial charge in [0.05, 0.1) is 23.4 Å². The Bertz CT molecular complexity index is 1040. The summed E-state index contributed by atoms with van der Waals surface area (Å²) in [6, 6.07) is 14.7. The second-order valence-corrected chi connectivity index (χ2v) is 7.68. The summed E-state index contributed by atoms with van der Waals surface area (Å²) >= 11 is 7.31. The molecule has 9 heteroatoms. The third kappa shape index (κ3) is 5.40. The Morgan fingerprint density at radius 2 is 1.93 bits per heavy atom. The van der Waals surface area contributed by atoms with E-state index in [0.717, 1.165) is 11.4 Å². The third-order valence-corrected chi connectivity index (χ3v) is 5.60. The van der Waals surface area contributed by atoms with Crippen molar-refractivity contribution in [1.82, 2.24) is 14.8 Å². The van der Waals surface area contributed by atoms with Gasteiger partial charge in [0.25, 0.3) is 0 Å². The number of hydrogen-bond acceptors (Lipinski definition) is 6. The average Bonchev–Trinajstić information content (AvgIpc) is 3.15. The molecule has 0 unspecified atom stereocenters. The number of hydrogen-bond donors (Lipinski definition) is 1. The number of anilines is 1. The Hall–Kier alpha value is -2.84. The fraction of sp³-hybridized carbons (Fsp3) is 0.238. The Balaban J connectivity index is 1.63. The smallest absolute Gasteiger partial charge is 0.339 e. The summed E-state index contributed by atoms with van der Waals surface area (Å²) < 4.78 is 6.70. The molecule has 0 bridgehead atoms. The predicted molar refractivity (Wildman–Crippen MR) is 117 cm³/mol. The maximum absolute atomic E-state index is 12.4. The van der Waals surface area contributed by atoms with E-state index in [9.17, 15) is 9.59 Å². The van der Waals surface area contributed by atoms with Gasteiger partial charge in [-0.15, -0.1) is 10.2 Å². The first-order valence-corrected chi connectivity index (χ1v) is 10.6. The number of carbonyl (C=O) groups excluding carboxylic acids is 2. The van der Waals surface area contributed by atoms with E-state index in [4.69, 9.17) is 16.3 Å². The van der Waals surface area contributed by atoms with Crippen molar-refractivity contribution in [3.8, 4) is 0 Å². The van der Waals surface area contributed by atoms with E-state index in [1.165, 1.54) is 24.9 Å². The van der Waals surface area contributed by atoms with E-state index in [2.05, 4.69) is 15.5 Å². The number of halogens is 1. The zero-order chi connectivity index (χ0) is 21.5. The van der Waals surface area contributed by atoms with Gasteiger partial charge in [0, 0.05) is 18.7 Å². The minimum Gasteiger partial charge on any atom is -0.465 e. The molecule has 0 spiro atoms. The van der Waals surface area contributed by atoms with Crippen molar-refractivity contribution in [2.45, 2.75) is 25.0 Å². The summed E-state index contributed by atoms with van der Waals surface area (Å²) in [6.45, 7) is 2.73. The lowest BCUT2D eigenvalue weighted by molar-refractivity contribution is -0.113. The standard InChI is InChI=1S/C21H21ClN4O3S/c1-3-26-18(11-14-7-5-4-6-8-14)24-25-21(26)30-13-19(27)23-15-9-10-17(22)16(12-15)20(28)29-2/h4-10,12H,3,11,13H2,1-2H3,(H,23,27). The van der Waals surface area contributed by atoms with Crippen LogP contribution in [0.3, 0.4) is 0 Å². The molecule has 7 nitrogen and oxygen atoms in total. The van der Waals surface area contributed by atoms with Crippen molar-refractivity contribution < 1.29 is 14.3 Å². The number of nitrogens with one attached hydrogen (secondary N) is 1. The number of rotatable bonds is 8. The van der Waals surface area contributed by atoms with Gasteiger partial charge >= 0.3 is 5.97 Å². The quantitative estimate of drug-likeness (QED) is 0.416. The molecular formula is C21H21ClN4O3S. The molecule has 0 atom stereocenters. The normalized spacial score (nSPS) is 10.6. The van der Waals surface area contributed by atoms with Gasteiger partial charge in [0.15, 0.2) is 5.16 Å². The van der Waals surface area contributed by atoms with Crippen LogP contribution in [0.5, 0.6) is 0 Å². The van der Waals surface area contributed by atoms with Crippen molar-refractivity contribution >= 4 is 40.9 Å². The number of nitrogens with zero attached hydrogens (tertiary/aromatic N) is 3. The fourth-order valence-corrected chi connectivity index (χ4v) is 3.87. The van der Waals surface area contributed by atoms with Crippen LogP contribution in [0, 0.1) is 0 Å². The van der Waals surface area contributed by atoms with Crippen LogP contribution in [-0.2, 0) is 22.5 Å². The molecule has 0 saturated carbocycles. The lowest BCUT2D eigenvalue weighted by atomic mass is 10.1. The molecule has 156 valence electrons. The number of benzene rings is 2. The van der Waals surface area contributed by atoms with Gasteiger partial charge in [0.1, 0.15) is 5.82 Å². The van der Waals surface area contributed by atoms with E-state index in [1.807, 2.05) is 41.8 Å². The molecule has 1 aromatic heterocycles. The molecule has 3 aromatic rings. The zero-order valence-electron chi connectivity index (χ0n) is 16.6. The molecule has 0 aliphatic carbocycles. The van der Waals surface area contributed by atoms with Crippen molar-refractivity contribution in [1.29, 1.82) is 0 Å². The summed E-state index contributed by atoms with van der Waals surface area (Å²) in [4.78, 5) is 24.1. The summed E-state index contributed by atoms with van der Waals surface area (Å²) in [5.74, 6) is 0.215. The van der Waals surface area contributed by atoms with Crippen LogP contribution in [-0.4, -0.2) is 39.5 Å². The molecule has 0 aliphatic rings. The Morgan fingerprint density at radius 3 is 2.63 bits per heavy atom. The van der Waals surface area contributed by atoms with E-state index in [0.29, 0.717) is 23.8 Å². The Morgan fingerprint density at radius 1 is 1.17 bits per heavy atom. The summed E-state index contributed by atoms with van der Waals surface area (Å²) in [7, 11) is 1.27. The van der Waals surface area contributed by atoms with Crippen LogP contribution in [0.4, 0.5) is 5.69 Å². The highest BCUT2D eigenvalue weighted by atomic mass is 35.5. The second kappa shape index (κ2) is 10.3. The highest BCUT2D eigenvalue weighted by molar-refractivity contribution is 7.99. The number of methoxy groups -OCH3 is 1. The lowest BCUT2D eigenvalue weighted by Crippen LogP contribution is -2.15. The van der Waals surface area contributed by atoms with Crippen LogP contribution in [0.1, 0.15) is 28.7 Å². The van der Waals surface area contributed by atoms with E-state index >= 15 is 0 Å². The van der Waals surface area contributed by atoms with Gasteiger partial charge < -0.3 is 14.6 Å². The molecule has 0 saturated heterocycles. The molecule has 0 fully saturated rings. The Labute approximate surface area is 183 Å². The SMILES string of the molecule is CCn1c(Cc2ccccc2)nnc1SCC(=O)Nc1ccc(Cl)c(C(=O)OC)c1. The topological polar surface area (TPSA) is 86.1 Å². The van der Waals surface area contributed by atoms with Gasteiger partial charge in [0.2, 0.25) is 5.91 Å². The van der Waals surface area contributed by atoms with Gasteiger partial charge in [-0.25, -0.2) is 4.79 Å². The molecule has 0 aliphatic heterocycles. The van der Waals surface area contributed by atoms with Crippen LogP contribution in [0.2, 0.25) is 5.02 Å². The van der Waals surface area contributed by atoms with Gasteiger partial charge in [-0.2, -0.15) is 0 Å². The number of amides is 1. The van der Waals surface area contributed by atoms with E-state index in [-0.39, 0.29) is 22.2 Å². The van der Waals surface area contributed by atoms with Crippen LogP contribution < -0.4 is 5.32 Å².